The van der Waals surface area contributed by atoms with Crippen LogP contribution in [0, 0.1) is 0 Å². The second-order valence-electron chi connectivity index (χ2n) is 8.90. The molecule has 158 valence electrons. The fourth-order valence-electron chi connectivity index (χ4n) is 5.34. The van der Waals surface area contributed by atoms with E-state index in [2.05, 4.69) is 45.6 Å². The molecule has 3 aromatic rings. The number of fused-ring (bicyclic) bond motifs is 1. The van der Waals surface area contributed by atoms with Crippen molar-refractivity contribution in [2.24, 2.45) is 0 Å². The Hall–Kier alpha value is -2.54. The quantitative estimate of drug-likeness (QED) is 0.680. The fraction of sp³-hybridized carbons (Fsp3) is 0.565. The van der Waals surface area contributed by atoms with Crippen molar-refractivity contribution in [2.45, 2.75) is 70.4 Å². The zero-order valence-corrected chi connectivity index (χ0v) is 17.7. The Kier molecular flexibility index (Phi) is 5.37. The van der Waals surface area contributed by atoms with Gasteiger partial charge in [0.15, 0.2) is 6.04 Å². The van der Waals surface area contributed by atoms with Crippen LogP contribution in [0.3, 0.4) is 0 Å². The van der Waals surface area contributed by atoms with Gasteiger partial charge in [0.05, 0.1) is 24.7 Å². The molecule has 0 radical (unpaired) electrons. The number of aromatic amines is 1. The highest BCUT2D eigenvalue weighted by molar-refractivity contribution is 5.79. The minimum Gasteiger partial charge on any atom is -0.322 e. The van der Waals surface area contributed by atoms with E-state index in [1.165, 1.54) is 42.6 Å². The molecule has 1 saturated heterocycles. The molecule has 1 aliphatic heterocycles. The van der Waals surface area contributed by atoms with Crippen molar-refractivity contribution in [3.63, 3.8) is 0 Å². The number of nitrogens with zero attached hydrogens (tertiary/aromatic N) is 4. The molecule has 1 aliphatic carbocycles. The number of tetrazole rings is 1. The largest absolute Gasteiger partial charge is 0.322 e. The Bertz CT molecular complexity index is 1070. The van der Waals surface area contributed by atoms with Crippen molar-refractivity contribution in [1.82, 2.24) is 25.2 Å². The van der Waals surface area contributed by atoms with Crippen LogP contribution in [-0.4, -0.2) is 38.3 Å². The Morgan fingerprint density at radius 2 is 1.93 bits per heavy atom. The van der Waals surface area contributed by atoms with E-state index in [0.717, 1.165) is 54.6 Å². The molecule has 5 rings (SSSR count). The Balaban J connectivity index is 1.63. The summed E-state index contributed by atoms with van der Waals surface area (Å²) < 4.78 is 2.04. The fourth-order valence-corrected chi connectivity index (χ4v) is 5.34. The molecule has 2 aliphatic rings. The van der Waals surface area contributed by atoms with E-state index in [4.69, 9.17) is 0 Å². The Morgan fingerprint density at radius 1 is 1.13 bits per heavy atom. The number of aromatic nitrogens is 5. The zero-order chi connectivity index (χ0) is 20.5. The van der Waals surface area contributed by atoms with Gasteiger partial charge < -0.3 is 9.88 Å². The SMILES string of the molecule is CCc1ccc2[nH]c(=O)c([C@H](c3nnnn3C3CCCCC3)[NH+]3CCCC3)cc2c1. The molecule has 1 atom stereocenters. The molecule has 2 N–H and O–H groups in total. The lowest BCUT2D eigenvalue weighted by atomic mass is 9.95. The molecule has 2 aromatic heterocycles. The number of rotatable bonds is 5. The summed E-state index contributed by atoms with van der Waals surface area (Å²) in [5, 5.41) is 14.1. The van der Waals surface area contributed by atoms with Gasteiger partial charge in [0.2, 0.25) is 5.82 Å². The smallest absolute Gasteiger partial charge is 0.258 e. The molecule has 7 heteroatoms. The number of hydrogen-bond acceptors (Lipinski definition) is 4. The van der Waals surface area contributed by atoms with Gasteiger partial charge in [-0.05, 0) is 58.8 Å². The lowest BCUT2D eigenvalue weighted by Crippen LogP contribution is -3.10. The van der Waals surface area contributed by atoms with E-state index in [1.54, 1.807) is 0 Å². The first-order chi connectivity index (χ1) is 14.7. The number of likely N-dealkylation sites (tertiary alicyclic amines) is 1. The summed E-state index contributed by atoms with van der Waals surface area (Å²) in [6.07, 6.45) is 9.32. The van der Waals surface area contributed by atoms with Gasteiger partial charge in [0.1, 0.15) is 0 Å². The number of quaternary nitrogens is 1. The van der Waals surface area contributed by atoms with Crippen molar-refractivity contribution in [2.75, 3.05) is 13.1 Å². The van der Waals surface area contributed by atoms with Crippen molar-refractivity contribution in [3.8, 4) is 0 Å². The molecule has 3 heterocycles. The van der Waals surface area contributed by atoms with Crippen LogP contribution in [0.25, 0.3) is 10.9 Å². The van der Waals surface area contributed by atoms with Crippen LogP contribution in [0.1, 0.15) is 80.9 Å². The summed E-state index contributed by atoms with van der Waals surface area (Å²) in [6.45, 7) is 4.26. The van der Waals surface area contributed by atoms with E-state index in [-0.39, 0.29) is 11.6 Å². The third-order valence-corrected chi connectivity index (χ3v) is 7.01. The third kappa shape index (κ3) is 3.55. The van der Waals surface area contributed by atoms with Crippen LogP contribution >= 0.6 is 0 Å². The summed E-state index contributed by atoms with van der Waals surface area (Å²) in [5.74, 6) is 0.857. The average molecular weight is 408 g/mol. The first-order valence-electron chi connectivity index (χ1n) is 11.5. The molecule has 0 amide bonds. The maximum absolute atomic E-state index is 13.2. The molecule has 1 saturated carbocycles. The maximum Gasteiger partial charge on any atom is 0.258 e. The number of benzene rings is 1. The van der Waals surface area contributed by atoms with Crippen LogP contribution in [0.2, 0.25) is 0 Å². The van der Waals surface area contributed by atoms with E-state index in [0.29, 0.717) is 6.04 Å². The predicted molar refractivity (Wildman–Crippen MR) is 116 cm³/mol. The maximum atomic E-state index is 13.2. The van der Waals surface area contributed by atoms with Gasteiger partial charge >= 0.3 is 0 Å². The minimum atomic E-state index is -0.122. The van der Waals surface area contributed by atoms with Crippen LogP contribution in [-0.2, 0) is 6.42 Å². The van der Waals surface area contributed by atoms with Crippen LogP contribution in [0.5, 0.6) is 0 Å². The van der Waals surface area contributed by atoms with Crippen LogP contribution in [0.4, 0.5) is 0 Å². The molecular weight excluding hydrogens is 376 g/mol. The molecule has 2 fully saturated rings. The molecule has 7 nitrogen and oxygen atoms in total. The number of aryl methyl sites for hydroxylation is 1. The van der Waals surface area contributed by atoms with Gasteiger partial charge in [0, 0.05) is 18.4 Å². The topological polar surface area (TPSA) is 80.9 Å². The third-order valence-electron chi connectivity index (χ3n) is 7.01. The summed E-state index contributed by atoms with van der Waals surface area (Å²) in [7, 11) is 0. The molecule has 1 aromatic carbocycles. The van der Waals surface area contributed by atoms with Gasteiger partial charge in [-0.15, -0.1) is 5.10 Å². The van der Waals surface area contributed by atoms with Gasteiger partial charge in [-0.2, -0.15) is 0 Å². The molecule has 0 spiro atoms. The first kappa shape index (κ1) is 19.4. The molecule has 0 bridgehead atoms. The van der Waals surface area contributed by atoms with E-state index in [9.17, 15) is 4.79 Å². The highest BCUT2D eigenvalue weighted by Gasteiger charge is 2.37. The lowest BCUT2D eigenvalue weighted by Gasteiger charge is -2.27. The molecule has 0 unspecified atom stereocenters. The van der Waals surface area contributed by atoms with Crippen molar-refractivity contribution in [1.29, 1.82) is 0 Å². The molecular formula is C23H31N6O+. The Morgan fingerprint density at radius 3 is 2.70 bits per heavy atom. The van der Waals surface area contributed by atoms with Gasteiger partial charge in [-0.1, -0.05) is 32.3 Å². The summed E-state index contributed by atoms with van der Waals surface area (Å²) >= 11 is 0. The number of pyridine rings is 1. The van der Waals surface area contributed by atoms with Crippen molar-refractivity contribution in [3.05, 3.63) is 51.6 Å². The second-order valence-corrected chi connectivity index (χ2v) is 8.90. The average Bonchev–Trinajstić information content (AvgIpc) is 3.48. The Labute approximate surface area is 176 Å². The van der Waals surface area contributed by atoms with Gasteiger partial charge in [0.25, 0.3) is 5.56 Å². The monoisotopic (exact) mass is 407 g/mol. The number of nitrogens with one attached hydrogen (secondary N) is 2. The number of hydrogen-bond donors (Lipinski definition) is 2. The highest BCUT2D eigenvalue weighted by Crippen LogP contribution is 2.30. The predicted octanol–water partition coefficient (Wildman–Crippen LogP) is 2.35. The van der Waals surface area contributed by atoms with E-state index < -0.39 is 0 Å². The second kappa shape index (κ2) is 8.30. The van der Waals surface area contributed by atoms with Crippen LogP contribution in [0.15, 0.2) is 29.1 Å². The minimum absolute atomic E-state index is 0.0191. The van der Waals surface area contributed by atoms with Gasteiger partial charge in [-0.25, -0.2) is 4.68 Å². The normalized spacial score (nSPS) is 19.5. The van der Waals surface area contributed by atoms with E-state index in [1.807, 2.05) is 10.7 Å². The summed E-state index contributed by atoms with van der Waals surface area (Å²) in [6, 6.07) is 8.61. The van der Waals surface area contributed by atoms with Gasteiger partial charge in [-0.3, -0.25) is 4.79 Å². The number of H-pyrrole nitrogens is 1. The summed E-state index contributed by atoms with van der Waals surface area (Å²) in [4.78, 5) is 17.8. The van der Waals surface area contributed by atoms with Crippen LogP contribution < -0.4 is 10.5 Å². The van der Waals surface area contributed by atoms with E-state index >= 15 is 0 Å². The lowest BCUT2D eigenvalue weighted by molar-refractivity contribution is -0.914. The summed E-state index contributed by atoms with van der Waals surface area (Å²) in [5.41, 5.74) is 2.94. The first-order valence-corrected chi connectivity index (χ1v) is 11.5. The standard InChI is InChI=1S/C23H30N6O/c1-2-16-10-11-20-17(14-16)15-19(23(30)24-20)21(28-12-6-7-13-28)22-25-26-27-29(22)18-8-4-3-5-9-18/h10-11,14-15,18,21H,2-9,12-13H2,1H3,(H,24,30)/p+1/t21-/m1/s1. The van der Waals surface area contributed by atoms with Crippen molar-refractivity contribution >= 4 is 10.9 Å². The highest BCUT2D eigenvalue weighted by atomic mass is 16.1. The zero-order valence-electron chi connectivity index (χ0n) is 17.7. The molecule has 30 heavy (non-hydrogen) atoms. The van der Waals surface area contributed by atoms with Crippen molar-refractivity contribution < 1.29 is 4.90 Å².